The average molecular weight is 286 g/mol. The van der Waals surface area contributed by atoms with Crippen molar-refractivity contribution in [2.45, 2.75) is 26.2 Å². The Hall–Kier alpha value is -1.72. The van der Waals surface area contributed by atoms with Gasteiger partial charge in [-0.1, -0.05) is 0 Å². The van der Waals surface area contributed by atoms with Crippen molar-refractivity contribution in [3.63, 3.8) is 0 Å². The van der Waals surface area contributed by atoms with Crippen molar-refractivity contribution in [2.24, 2.45) is 0 Å². The van der Waals surface area contributed by atoms with Crippen LogP contribution < -0.4 is 5.32 Å². The summed E-state index contributed by atoms with van der Waals surface area (Å²) in [6.07, 6.45) is 0.542. The van der Waals surface area contributed by atoms with Crippen molar-refractivity contribution < 1.29 is 18.0 Å². The third-order valence-electron chi connectivity index (χ3n) is 3.62. The molecule has 2 rings (SSSR count). The van der Waals surface area contributed by atoms with Gasteiger partial charge < -0.3 is 10.2 Å². The van der Waals surface area contributed by atoms with Crippen LogP contribution in [0.2, 0.25) is 0 Å². The first-order valence-corrected chi connectivity index (χ1v) is 6.62. The molecule has 6 heteroatoms. The molecule has 0 aliphatic carbocycles. The van der Waals surface area contributed by atoms with E-state index in [0.717, 1.165) is 6.07 Å². The van der Waals surface area contributed by atoms with Crippen molar-refractivity contribution in [3.05, 3.63) is 34.6 Å². The van der Waals surface area contributed by atoms with Gasteiger partial charge in [0.05, 0.1) is 0 Å². The summed E-state index contributed by atoms with van der Waals surface area (Å²) in [5, 5.41) is 2.67. The number of hydrogen-bond donors (Lipinski definition) is 1. The van der Waals surface area contributed by atoms with Crippen LogP contribution >= 0.6 is 0 Å². The van der Waals surface area contributed by atoms with Gasteiger partial charge in [0.15, 0.2) is 17.5 Å². The number of rotatable bonds is 2. The number of carbonyl (C=O) groups is 1. The van der Waals surface area contributed by atoms with Gasteiger partial charge in [0, 0.05) is 25.6 Å². The molecule has 1 aliphatic rings. The molecule has 3 nitrogen and oxygen atoms in total. The minimum Gasteiger partial charge on any atom is -0.338 e. The van der Waals surface area contributed by atoms with E-state index in [4.69, 9.17) is 0 Å². The van der Waals surface area contributed by atoms with Crippen LogP contribution in [0, 0.1) is 24.4 Å². The zero-order valence-corrected chi connectivity index (χ0v) is 11.5. The molecule has 1 N–H and O–H groups in total. The third-order valence-corrected chi connectivity index (χ3v) is 3.62. The quantitative estimate of drug-likeness (QED) is 0.833. The summed E-state index contributed by atoms with van der Waals surface area (Å²) in [5.41, 5.74) is 0.555. The number of nitrogens with zero attached hydrogens (tertiary/aromatic N) is 1. The summed E-state index contributed by atoms with van der Waals surface area (Å²) < 4.78 is 40.4. The normalized spacial score (nSPS) is 18.4. The molecule has 1 aliphatic heterocycles. The number of hydrogen-bond acceptors (Lipinski definition) is 1. The number of nitrogens with one attached hydrogen (secondary N) is 1. The molecular formula is C14H17F3N2O. The Morgan fingerprint density at radius 3 is 2.75 bits per heavy atom. The molecular weight excluding hydrogens is 269 g/mol. The average Bonchev–Trinajstić information content (AvgIpc) is 2.86. The third kappa shape index (κ3) is 2.59. The van der Waals surface area contributed by atoms with Crippen LogP contribution in [0.4, 0.5) is 18.0 Å². The van der Waals surface area contributed by atoms with Crippen LogP contribution in [0.25, 0.3) is 0 Å². The van der Waals surface area contributed by atoms with E-state index in [9.17, 15) is 18.0 Å². The van der Waals surface area contributed by atoms with E-state index in [2.05, 4.69) is 5.32 Å². The first-order chi connectivity index (χ1) is 9.45. The molecule has 1 aromatic carbocycles. The Morgan fingerprint density at radius 2 is 2.10 bits per heavy atom. The maximum Gasteiger partial charge on any atom is 0.317 e. The second-order valence-corrected chi connectivity index (χ2v) is 4.98. The lowest BCUT2D eigenvalue weighted by atomic mass is 9.93. The van der Waals surface area contributed by atoms with Gasteiger partial charge in [-0.15, -0.1) is 0 Å². The van der Waals surface area contributed by atoms with Crippen molar-refractivity contribution >= 4 is 6.03 Å². The van der Waals surface area contributed by atoms with E-state index in [-0.39, 0.29) is 17.5 Å². The topological polar surface area (TPSA) is 32.3 Å². The highest BCUT2D eigenvalue weighted by molar-refractivity contribution is 5.74. The molecule has 1 aromatic rings. The maximum absolute atomic E-state index is 13.9. The Bertz CT molecular complexity index is 534. The van der Waals surface area contributed by atoms with Gasteiger partial charge in [-0.05, 0) is 37.5 Å². The molecule has 2 amide bonds. The second-order valence-electron chi connectivity index (χ2n) is 4.98. The Morgan fingerprint density at radius 1 is 1.40 bits per heavy atom. The second kappa shape index (κ2) is 5.73. The number of urea groups is 1. The standard InChI is InChI=1S/C14H17F3N2O/c1-3-18-14(20)19-5-4-9(7-19)11-8(2)6-10(15)12(16)13(11)17/h6,9H,3-5,7H2,1-2H3,(H,18,20). The van der Waals surface area contributed by atoms with Crippen LogP contribution in [-0.4, -0.2) is 30.6 Å². The molecule has 0 bridgehead atoms. The van der Waals surface area contributed by atoms with E-state index in [1.54, 1.807) is 11.8 Å². The van der Waals surface area contributed by atoms with Crippen LogP contribution in [0.1, 0.15) is 30.4 Å². The van der Waals surface area contributed by atoms with E-state index >= 15 is 0 Å². The number of benzene rings is 1. The summed E-state index contributed by atoms with van der Waals surface area (Å²) in [4.78, 5) is 13.3. The first kappa shape index (κ1) is 14.7. The first-order valence-electron chi connectivity index (χ1n) is 6.62. The van der Waals surface area contributed by atoms with Gasteiger partial charge in [0.2, 0.25) is 0 Å². The van der Waals surface area contributed by atoms with Crippen molar-refractivity contribution in [1.82, 2.24) is 10.2 Å². The number of likely N-dealkylation sites (tertiary alicyclic amines) is 1. The maximum atomic E-state index is 13.9. The van der Waals surface area contributed by atoms with Crippen LogP contribution in [0.5, 0.6) is 0 Å². The van der Waals surface area contributed by atoms with Gasteiger partial charge in [0.1, 0.15) is 0 Å². The van der Waals surface area contributed by atoms with Gasteiger partial charge >= 0.3 is 6.03 Å². The number of amides is 2. The summed E-state index contributed by atoms with van der Waals surface area (Å²) in [5.74, 6) is -4.05. The molecule has 0 radical (unpaired) electrons. The molecule has 1 heterocycles. The zero-order valence-electron chi connectivity index (χ0n) is 11.5. The fourth-order valence-corrected chi connectivity index (χ4v) is 2.67. The number of aryl methyl sites for hydroxylation is 1. The van der Waals surface area contributed by atoms with Crippen molar-refractivity contribution in [1.29, 1.82) is 0 Å². The molecule has 20 heavy (non-hydrogen) atoms. The highest BCUT2D eigenvalue weighted by Crippen LogP contribution is 2.33. The largest absolute Gasteiger partial charge is 0.338 e. The van der Waals surface area contributed by atoms with Gasteiger partial charge in [-0.3, -0.25) is 0 Å². The molecule has 1 unspecified atom stereocenters. The Balaban J connectivity index is 2.23. The summed E-state index contributed by atoms with van der Waals surface area (Å²) >= 11 is 0. The lowest BCUT2D eigenvalue weighted by Gasteiger charge is -2.18. The highest BCUT2D eigenvalue weighted by atomic mass is 19.2. The predicted octanol–water partition coefficient (Wildman–Crippen LogP) is 2.93. The van der Waals surface area contributed by atoms with E-state index in [1.165, 1.54) is 0 Å². The lowest BCUT2D eigenvalue weighted by molar-refractivity contribution is 0.209. The van der Waals surface area contributed by atoms with Crippen LogP contribution in [0.3, 0.4) is 0 Å². The van der Waals surface area contributed by atoms with Crippen molar-refractivity contribution in [2.75, 3.05) is 19.6 Å². The molecule has 1 atom stereocenters. The SMILES string of the molecule is CCNC(=O)N1CCC(c2c(C)cc(F)c(F)c2F)C1. The molecule has 110 valence electrons. The van der Waals surface area contributed by atoms with Gasteiger partial charge in [-0.2, -0.15) is 0 Å². The smallest absolute Gasteiger partial charge is 0.317 e. The summed E-state index contributed by atoms with van der Waals surface area (Å²) in [6.45, 7) is 4.67. The lowest BCUT2D eigenvalue weighted by Crippen LogP contribution is -2.38. The van der Waals surface area contributed by atoms with Gasteiger partial charge in [0.25, 0.3) is 0 Å². The molecule has 0 spiro atoms. The molecule has 0 saturated carbocycles. The number of halogens is 3. The molecule has 1 fully saturated rings. The minimum absolute atomic E-state index is 0.177. The molecule has 0 aromatic heterocycles. The Labute approximate surface area is 115 Å². The minimum atomic E-state index is -1.44. The van der Waals surface area contributed by atoms with Gasteiger partial charge in [-0.25, -0.2) is 18.0 Å². The van der Waals surface area contributed by atoms with E-state index in [1.807, 2.05) is 6.92 Å². The van der Waals surface area contributed by atoms with Crippen molar-refractivity contribution in [3.8, 4) is 0 Å². The zero-order chi connectivity index (χ0) is 14.9. The number of carbonyl (C=O) groups excluding carboxylic acids is 1. The Kier molecular flexibility index (Phi) is 4.20. The highest BCUT2D eigenvalue weighted by Gasteiger charge is 2.31. The summed E-state index contributed by atoms with van der Waals surface area (Å²) in [7, 11) is 0. The molecule has 1 saturated heterocycles. The fourth-order valence-electron chi connectivity index (χ4n) is 2.67. The van der Waals surface area contributed by atoms with Crippen LogP contribution in [0.15, 0.2) is 6.07 Å². The fraction of sp³-hybridized carbons (Fsp3) is 0.500. The van der Waals surface area contributed by atoms with E-state index < -0.39 is 17.5 Å². The van der Waals surface area contributed by atoms with E-state index in [0.29, 0.717) is 31.6 Å². The monoisotopic (exact) mass is 286 g/mol. The van der Waals surface area contributed by atoms with Crippen LogP contribution in [-0.2, 0) is 0 Å². The summed E-state index contributed by atoms with van der Waals surface area (Å²) in [6, 6.07) is 0.790. The predicted molar refractivity (Wildman–Crippen MR) is 69.1 cm³/mol.